The van der Waals surface area contributed by atoms with Crippen LogP contribution in [0.2, 0.25) is 0 Å². The van der Waals surface area contributed by atoms with Gasteiger partial charge in [-0.1, -0.05) is 13.0 Å². The fourth-order valence-corrected chi connectivity index (χ4v) is 4.85. The highest BCUT2D eigenvalue weighted by Gasteiger charge is 2.39. The Balaban J connectivity index is 1.49. The van der Waals surface area contributed by atoms with Crippen LogP contribution >= 0.6 is 0 Å². The molecule has 2 aliphatic rings. The normalized spacial score (nSPS) is 18.0. The van der Waals surface area contributed by atoms with Gasteiger partial charge >= 0.3 is 0 Å². The molecule has 0 aliphatic carbocycles. The zero-order chi connectivity index (χ0) is 23.8. The lowest BCUT2D eigenvalue weighted by Gasteiger charge is -2.29. The van der Waals surface area contributed by atoms with Crippen molar-refractivity contribution in [2.75, 3.05) is 10.0 Å². The summed E-state index contributed by atoms with van der Waals surface area (Å²) in [7, 11) is -3.94. The molecule has 172 valence electrons. The number of anilines is 2. The molecule has 0 spiro atoms. The molecule has 0 saturated carbocycles. The highest BCUT2D eigenvalue weighted by molar-refractivity contribution is 7.92. The van der Waals surface area contributed by atoms with Gasteiger partial charge in [-0.05, 0) is 48.4 Å². The lowest BCUT2D eigenvalue weighted by Crippen LogP contribution is -2.52. The SMILES string of the molecule is CCC(=O)Nc1ccc(S(=O)(=O)Nc2ccc3c(c2)C(=O)N(C2CCC(=O)NC2=O)C3)cc1. The lowest BCUT2D eigenvalue weighted by atomic mass is 10.0. The second kappa shape index (κ2) is 8.66. The van der Waals surface area contributed by atoms with Crippen molar-refractivity contribution in [2.24, 2.45) is 0 Å². The molecule has 0 aromatic heterocycles. The average molecular weight is 471 g/mol. The Labute approximate surface area is 190 Å². The van der Waals surface area contributed by atoms with Crippen LogP contribution in [0.3, 0.4) is 0 Å². The molecule has 2 aromatic carbocycles. The quantitative estimate of drug-likeness (QED) is 0.548. The number of nitrogens with zero attached hydrogens (tertiary/aromatic N) is 1. The summed E-state index contributed by atoms with van der Waals surface area (Å²) in [5, 5.41) is 4.89. The summed E-state index contributed by atoms with van der Waals surface area (Å²) in [5.74, 6) is -1.45. The molecule has 3 N–H and O–H groups in total. The van der Waals surface area contributed by atoms with Crippen LogP contribution in [0, 0.1) is 0 Å². The number of rotatable bonds is 6. The van der Waals surface area contributed by atoms with Crippen LogP contribution in [0.4, 0.5) is 11.4 Å². The molecule has 11 heteroatoms. The molecule has 1 unspecified atom stereocenters. The van der Waals surface area contributed by atoms with Crippen molar-refractivity contribution in [3.63, 3.8) is 0 Å². The summed E-state index contributed by atoms with van der Waals surface area (Å²) >= 11 is 0. The van der Waals surface area contributed by atoms with Gasteiger partial charge in [0.1, 0.15) is 6.04 Å². The van der Waals surface area contributed by atoms with Crippen LogP contribution in [0.5, 0.6) is 0 Å². The number of hydrogen-bond acceptors (Lipinski definition) is 6. The maximum Gasteiger partial charge on any atom is 0.261 e. The lowest BCUT2D eigenvalue weighted by molar-refractivity contribution is -0.137. The second-order valence-electron chi connectivity index (χ2n) is 7.80. The van der Waals surface area contributed by atoms with Gasteiger partial charge in [-0.15, -0.1) is 0 Å². The van der Waals surface area contributed by atoms with Crippen LogP contribution in [-0.2, 0) is 31.0 Å². The standard InChI is InChI=1S/C22H22N4O6S/c1-2-19(27)23-14-5-7-16(8-6-14)33(31,32)25-15-4-3-13-12-26(22(30)17(13)11-15)18-9-10-20(28)24-21(18)29/h3-8,11,18,25H,2,9-10,12H2,1H3,(H,23,27)(H,24,28,29). The van der Waals surface area contributed by atoms with Gasteiger partial charge < -0.3 is 10.2 Å². The molecule has 2 aliphatic heterocycles. The van der Waals surface area contributed by atoms with E-state index in [-0.39, 0.29) is 41.8 Å². The summed E-state index contributed by atoms with van der Waals surface area (Å²) in [6.45, 7) is 1.92. The topological polar surface area (TPSA) is 142 Å². The van der Waals surface area contributed by atoms with Crippen LogP contribution in [0.15, 0.2) is 47.4 Å². The molecule has 4 rings (SSSR count). The Morgan fingerprint density at radius 1 is 1.09 bits per heavy atom. The third-order valence-electron chi connectivity index (χ3n) is 5.55. The van der Waals surface area contributed by atoms with Crippen molar-refractivity contribution < 1.29 is 27.6 Å². The number of carbonyl (C=O) groups excluding carboxylic acids is 4. The molecule has 1 saturated heterocycles. The molecular weight excluding hydrogens is 448 g/mol. The number of imide groups is 1. The molecule has 10 nitrogen and oxygen atoms in total. The number of benzene rings is 2. The first-order valence-corrected chi connectivity index (χ1v) is 11.9. The van der Waals surface area contributed by atoms with E-state index in [0.717, 1.165) is 0 Å². The maximum absolute atomic E-state index is 12.9. The fourth-order valence-electron chi connectivity index (χ4n) is 3.80. The van der Waals surface area contributed by atoms with Crippen molar-refractivity contribution >= 4 is 45.0 Å². The van der Waals surface area contributed by atoms with Crippen molar-refractivity contribution in [3.8, 4) is 0 Å². The smallest absolute Gasteiger partial charge is 0.261 e. The van der Waals surface area contributed by atoms with Gasteiger partial charge in [-0.3, -0.25) is 29.2 Å². The highest BCUT2D eigenvalue weighted by atomic mass is 32.2. The number of sulfonamides is 1. The Morgan fingerprint density at radius 3 is 2.45 bits per heavy atom. The predicted molar refractivity (Wildman–Crippen MR) is 119 cm³/mol. The van der Waals surface area contributed by atoms with Crippen molar-refractivity contribution in [2.45, 2.75) is 43.7 Å². The number of piperidine rings is 1. The van der Waals surface area contributed by atoms with Crippen molar-refractivity contribution in [3.05, 3.63) is 53.6 Å². The molecule has 0 radical (unpaired) electrons. The van der Waals surface area contributed by atoms with Gasteiger partial charge in [0.05, 0.1) is 4.90 Å². The first-order valence-electron chi connectivity index (χ1n) is 10.4. The summed E-state index contributed by atoms with van der Waals surface area (Å²) in [5.41, 5.74) is 1.66. The van der Waals surface area contributed by atoms with Crippen LogP contribution in [0.1, 0.15) is 42.1 Å². The van der Waals surface area contributed by atoms with E-state index in [1.165, 1.54) is 35.2 Å². The number of fused-ring (bicyclic) bond motifs is 1. The molecule has 1 fully saturated rings. The zero-order valence-electron chi connectivity index (χ0n) is 17.8. The van der Waals surface area contributed by atoms with Crippen molar-refractivity contribution in [1.82, 2.24) is 10.2 Å². The molecule has 1 atom stereocenters. The molecule has 0 bridgehead atoms. The molecule has 2 aromatic rings. The zero-order valence-corrected chi connectivity index (χ0v) is 18.6. The molecule has 2 heterocycles. The first kappa shape index (κ1) is 22.5. The van der Waals surface area contributed by atoms with E-state index in [1.807, 2.05) is 0 Å². The number of carbonyl (C=O) groups is 4. The van der Waals surface area contributed by atoms with E-state index in [4.69, 9.17) is 0 Å². The Bertz CT molecular complexity index is 1260. The van der Waals surface area contributed by atoms with Gasteiger partial charge in [-0.25, -0.2) is 8.42 Å². The number of hydrogen-bond donors (Lipinski definition) is 3. The minimum atomic E-state index is -3.94. The summed E-state index contributed by atoms with van der Waals surface area (Å²) in [6, 6.07) is 9.62. The van der Waals surface area contributed by atoms with E-state index in [1.54, 1.807) is 19.1 Å². The molecule has 33 heavy (non-hydrogen) atoms. The minimum Gasteiger partial charge on any atom is -0.326 e. The van der Waals surface area contributed by atoms with Crippen LogP contribution in [0.25, 0.3) is 0 Å². The number of amides is 4. The molecule has 4 amide bonds. The van der Waals surface area contributed by atoms with E-state index in [9.17, 15) is 27.6 Å². The van der Waals surface area contributed by atoms with E-state index in [0.29, 0.717) is 23.2 Å². The van der Waals surface area contributed by atoms with Crippen LogP contribution < -0.4 is 15.4 Å². The Morgan fingerprint density at radius 2 is 1.79 bits per heavy atom. The first-order chi connectivity index (χ1) is 15.7. The fraction of sp³-hybridized carbons (Fsp3) is 0.273. The third kappa shape index (κ3) is 4.58. The van der Waals surface area contributed by atoms with Gasteiger partial charge in [0.15, 0.2) is 0 Å². The summed E-state index contributed by atoms with van der Waals surface area (Å²) in [6.07, 6.45) is 0.709. The monoisotopic (exact) mass is 470 g/mol. The largest absolute Gasteiger partial charge is 0.326 e. The third-order valence-corrected chi connectivity index (χ3v) is 6.95. The Kier molecular flexibility index (Phi) is 5.90. The minimum absolute atomic E-state index is 0.00556. The van der Waals surface area contributed by atoms with E-state index in [2.05, 4.69) is 15.4 Å². The van der Waals surface area contributed by atoms with Crippen LogP contribution in [-0.4, -0.2) is 43.0 Å². The van der Waals surface area contributed by atoms with Gasteiger partial charge in [0.2, 0.25) is 17.7 Å². The number of nitrogens with one attached hydrogen (secondary N) is 3. The average Bonchev–Trinajstić information content (AvgIpc) is 3.09. The summed E-state index contributed by atoms with van der Waals surface area (Å²) < 4.78 is 28.0. The second-order valence-corrected chi connectivity index (χ2v) is 9.49. The highest BCUT2D eigenvalue weighted by Crippen LogP contribution is 2.30. The van der Waals surface area contributed by atoms with E-state index < -0.39 is 27.9 Å². The van der Waals surface area contributed by atoms with Crippen molar-refractivity contribution in [1.29, 1.82) is 0 Å². The van der Waals surface area contributed by atoms with Gasteiger partial charge in [0.25, 0.3) is 15.9 Å². The van der Waals surface area contributed by atoms with Gasteiger partial charge in [-0.2, -0.15) is 0 Å². The predicted octanol–water partition coefficient (Wildman–Crippen LogP) is 1.60. The summed E-state index contributed by atoms with van der Waals surface area (Å²) in [4.78, 5) is 49.3. The maximum atomic E-state index is 12.9. The molecular formula is C22H22N4O6S. The van der Waals surface area contributed by atoms with Gasteiger partial charge in [0, 0.05) is 36.3 Å². The van der Waals surface area contributed by atoms with E-state index >= 15 is 0 Å². The Hall–Kier alpha value is -3.73.